The minimum absolute atomic E-state index is 0.0169. The first-order valence-corrected chi connectivity index (χ1v) is 12.7. The van der Waals surface area contributed by atoms with Crippen LogP contribution in [0.4, 0.5) is 4.79 Å². The van der Waals surface area contributed by atoms with Gasteiger partial charge in [0.2, 0.25) is 5.91 Å². The van der Waals surface area contributed by atoms with Crippen molar-refractivity contribution < 1.29 is 24.2 Å². The summed E-state index contributed by atoms with van der Waals surface area (Å²) in [5.41, 5.74) is 3.80. The monoisotopic (exact) mass is 482 g/mol. The molecule has 0 aromatic heterocycles. The van der Waals surface area contributed by atoms with Gasteiger partial charge in [0, 0.05) is 24.3 Å². The predicted molar refractivity (Wildman–Crippen MR) is 132 cm³/mol. The van der Waals surface area contributed by atoms with E-state index in [0.29, 0.717) is 25.1 Å². The van der Waals surface area contributed by atoms with Gasteiger partial charge in [-0.1, -0.05) is 55.0 Å². The number of alkyl carbamates (subject to hydrolysis) is 1. The third kappa shape index (κ3) is 5.06. The van der Waals surface area contributed by atoms with Crippen LogP contribution < -0.4 is 10.6 Å². The summed E-state index contributed by atoms with van der Waals surface area (Å²) < 4.78 is 5.51. The van der Waals surface area contributed by atoms with Gasteiger partial charge in [0.05, 0.1) is 11.2 Å². The number of hydrogen-bond acceptors (Lipinski definition) is 5. The topological polar surface area (TPSA) is 105 Å². The first-order valence-electron chi connectivity index (χ1n) is 11.6. The van der Waals surface area contributed by atoms with E-state index in [-0.39, 0.29) is 30.2 Å². The second-order valence-corrected chi connectivity index (χ2v) is 10.1. The highest BCUT2D eigenvalue weighted by Crippen LogP contribution is 2.44. The molecule has 1 fully saturated rings. The van der Waals surface area contributed by atoms with Crippen molar-refractivity contribution in [2.45, 2.75) is 38.1 Å². The Bertz CT molecular complexity index is 1030. The summed E-state index contributed by atoms with van der Waals surface area (Å²) in [6.45, 7) is 2.34. The molecule has 2 aliphatic carbocycles. The number of fused-ring (bicyclic) bond motifs is 3. The molecular weight excluding hydrogens is 452 g/mol. The fourth-order valence-electron chi connectivity index (χ4n) is 4.93. The van der Waals surface area contributed by atoms with Crippen molar-refractivity contribution >= 4 is 29.7 Å². The molecule has 0 aliphatic heterocycles. The van der Waals surface area contributed by atoms with E-state index >= 15 is 0 Å². The molecule has 3 N–H and O–H groups in total. The van der Waals surface area contributed by atoms with Gasteiger partial charge in [0.15, 0.2) is 0 Å². The molecule has 0 spiro atoms. The van der Waals surface area contributed by atoms with E-state index in [1.165, 1.54) is 34.0 Å². The van der Waals surface area contributed by atoms with Crippen molar-refractivity contribution in [3.05, 3.63) is 59.7 Å². The van der Waals surface area contributed by atoms with Crippen LogP contribution in [0.25, 0.3) is 11.1 Å². The van der Waals surface area contributed by atoms with Crippen LogP contribution in [0, 0.1) is 5.41 Å². The van der Waals surface area contributed by atoms with Crippen LogP contribution in [0.5, 0.6) is 0 Å². The summed E-state index contributed by atoms with van der Waals surface area (Å²) in [6, 6.07) is 16.0. The second-order valence-electron chi connectivity index (χ2n) is 9.04. The van der Waals surface area contributed by atoms with E-state index in [0.717, 1.165) is 6.42 Å². The van der Waals surface area contributed by atoms with Gasteiger partial charge >= 0.3 is 12.1 Å². The van der Waals surface area contributed by atoms with E-state index < -0.39 is 17.5 Å². The first kappa shape index (κ1) is 24.1. The number of carboxylic acids is 1. The summed E-state index contributed by atoms with van der Waals surface area (Å²) in [5, 5.41) is 15.1. The zero-order chi connectivity index (χ0) is 24.1. The molecule has 2 aliphatic rings. The van der Waals surface area contributed by atoms with Gasteiger partial charge in [-0.15, -0.1) is 0 Å². The Morgan fingerprint density at radius 2 is 1.74 bits per heavy atom. The third-order valence-corrected chi connectivity index (χ3v) is 7.83. The number of carbonyl (C=O) groups is 3. The molecule has 4 rings (SSSR count). The Labute approximate surface area is 203 Å². The van der Waals surface area contributed by atoms with Crippen LogP contribution in [0.3, 0.4) is 0 Å². The number of thioether (sulfide) groups is 1. The van der Waals surface area contributed by atoms with Crippen molar-refractivity contribution in [1.29, 1.82) is 0 Å². The minimum Gasteiger partial charge on any atom is -0.481 e. The van der Waals surface area contributed by atoms with E-state index in [4.69, 9.17) is 4.74 Å². The quantitative estimate of drug-likeness (QED) is 0.467. The third-order valence-electron chi connectivity index (χ3n) is 6.87. The molecule has 0 radical (unpaired) electrons. The van der Waals surface area contributed by atoms with E-state index in [1.807, 2.05) is 24.3 Å². The van der Waals surface area contributed by atoms with Crippen molar-refractivity contribution in [3.63, 3.8) is 0 Å². The largest absolute Gasteiger partial charge is 0.481 e. The van der Waals surface area contributed by atoms with E-state index in [9.17, 15) is 19.5 Å². The number of amides is 2. The zero-order valence-electron chi connectivity index (χ0n) is 19.2. The lowest BCUT2D eigenvalue weighted by Crippen LogP contribution is -2.47. The van der Waals surface area contributed by atoms with Crippen molar-refractivity contribution in [3.8, 4) is 11.1 Å². The van der Waals surface area contributed by atoms with Gasteiger partial charge in [-0.25, -0.2) is 4.79 Å². The van der Waals surface area contributed by atoms with Crippen LogP contribution >= 0.6 is 11.8 Å². The number of carbonyl (C=O) groups excluding carboxylic acids is 2. The Morgan fingerprint density at radius 3 is 2.38 bits per heavy atom. The number of aliphatic carboxylic acids is 1. The summed E-state index contributed by atoms with van der Waals surface area (Å²) in [6.07, 6.45) is 1.58. The Kier molecular flexibility index (Phi) is 7.46. The molecule has 34 heavy (non-hydrogen) atoms. The Morgan fingerprint density at radius 1 is 1.09 bits per heavy atom. The molecule has 8 heteroatoms. The maximum absolute atomic E-state index is 12.2. The smallest absolute Gasteiger partial charge is 0.407 e. The molecule has 2 atom stereocenters. The van der Waals surface area contributed by atoms with Gasteiger partial charge in [0.25, 0.3) is 0 Å². The summed E-state index contributed by atoms with van der Waals surface area (Å²) in [5.74, 6) is -0.249. The van der Waals surface area contributed by atoms with Crippen LogP contribution in [0.15, 0.2) is 48.5 Å². The average molecular weight is 483 g/mol. The maximum Gasteiger partial charge on any atom is 0.407 e. The summed E-state index contributed by atoms with van der Waals surface area (Å²) in [4.78, 5) is 36.0. The molecule has 0 bridgehead atoms. The molecule has 2 amide bonds. The lowest BCUT2D eigenvalue weighted by molar-refractivity contribution is -0.149. The predicted octanol–water partition coefficient (Wildman–Crippen LogP) is 4.02. The SMILES string of the molecule is CC1(C(=O)O)CCCC1NC(=O)CSCCNC(=O)OCC1c2ccccc2-c2ccccc21. The molecule has 7 nitrogen and oxygen atoms in total. The molecular formula is C26H30N2O5S. The maximum atomic E-state index is 12.2. The normalized spacial score (nSPS) is 20.9. The highest BCUT2D eigenvalue weighted by molar-refractivity contribution is 7.99. The fourth-order valence-corrected chi connectivity index (χ4v) is 5.59. The minimum atomic E-state index is -0.897. The van der Waals surface area contributed by atoms with Crippen LogP contribution in [-0.4, -0.2) is 53.8 Å². The second kappa shape index (κ2) is 10.5. The first-order chi connectivity index (χ1) is 16.4. The number of rotatable bonds is 9. The van der Waals surface area contributed by atoms with Crippen molar-refractivity contribution in [1.82, 2.24) is 10.6 Å². The molecule has 1 saturated carbocycles. The highest BCUT2D eigenvalue weighted by Gasteiger charge is 2.45. The van der Waals surface area contributed by atoms with Gasteiger partial charge in [0.1, 0.15) is 6.61 Å². The highest BCUT2D eigenvalue weighted by atomic mass is 32.2. The number of nitrogens with one attached hydrogen (secondary N) is 2. The molecule has 2 unspecified atom stereocenters. The van der Waals surface area contributed by atoms with Gasteiger partial charge in [-0.05, 0) is 42.0 Å². The number of ether oxygens (including phenoxy) is 1. The van der Waals surface area contributed by atoms with Crippen molar-refractivity contribution in [2.24, 2.45) is 5.41 Å². The van der Waals surface area contributed by atoms with Gasteiger partial charge < -0.3 is 20.5 Å². The van der Waals surface area contributed by atoms with Gasteiger partial charge in [-0.2, -0.15) is 11.8 Å². The Balaban J connectivity index is 1.16. The van der Waals surface area contributed by atoms with E-state index in [1.54, 1.807) is 6.92 Å². The zero-order valence-corrected chi connectivity index (χ0v) is 20.0. The van der Waals surface area contributed by atoms with Crippen LogP contribution in [-0.2, 0) is 14.3 Å². The van der Waals surface area contributed by atoms with Gasteiger partial charge in [-0.3, -0.25) is 9.59 Å². The lowest BCUT2D eigenvalue weighted by Gasteiger charge is -2.27. The summed E-state index contributed by atoms with van der Waals surface area (Å²) in [7, 11) is 0. The molecule has 2 aromatic carbocycles. The average Bonchev–Trinajstić information content (AvgIpc) is 3.36. The van der Waals surface area contributed by atoms with Crippen molar-refractivity contribution in [2.75, 3.05) is 24.7 Å². The number of benzene rings is 2. The molecule has 2 aromatic rings. The summed E-state index contributed by atoms with van der Waals surface area (Å²) >= 11 is 1.39. The molecule has 0 saturated heterocycles. The van der Waals surface area contributed by atoms with Crippen LogP contribution in [0.2, 0.25) is 0 Å². The Hall–Kier alpha value is -3.00. The number of carboxylic acid groups (broad SMARTS) is 1. The molecule has 180 valence electrons. The van der Waals surface area contributed by atoms with E-state index in [2.05, 4.69) is 34.9 Å². The fraction of sp³-hybridized carbons (Fsp3) is 0.423. The van der Waals surface area contributed by atoms with Crippen LogP contribution in [0.1, 0.15) is 43.2 Å². The number of hydrogen-bond donors (Lipinski definition) is 3. The molecule has 0 heterocycles. The standard InChI is InChI=1S/C26H30N2O5S/c1-26(24(30)31)12-6-11-22(26)28-23(29)16-34-14-13-27-25(32)33-15-21-19-9-4-2-7-17(19)18-8-3-5-10-20(18)21/h2-5,7-10,21-22H,6,11-16H2,1H3,(H,27,32)(H,28,29)(H,30,31). The lowest BCUT2D eigenvalue weighted by atomic mass is 9.85.